The molecule has 2 aromatic carbocycles. The van der Waals surface area contributed by atoms with Gasteiger partial charge in [0, 0.05) is 17.5 Å². The lowest BCUT2D eigenvalue weighted by atomic mass is 9.91. The monoisotopic (exact) mass is 349 g/mol. The number of rotatable bonds is 5. The molecule has 1 atom stereocenters. The average molecular weight is 349 g/mol. The third-order valence-corrected chi connectivity index (χ3v) is 4.54. The number of esters is 1. The van der Waals surface area contributed by atoms with Crippen LogP contribution in [0.4, 0.5) is 0 Å². The van der Waals surface area contributed by atoms with Crippen LogP contribution in [0.2, 0.25) is 0 Å². The fraction of sp³-hybridized carbons (Fsp3) is 0.190. The Kier molecular flexibility index (Phi) is 4.98. The first-order chi connectivity index (χ1) is 12.5. The van der Waals surface area contributed by atoms with E-state index < -0.39 is 5.97 Å². The van der Waals surface area contributed by atoms with Crippen LogP contribution in [-0.2, 0) is 16.0 Å². The molecule has 0 spiro atoms. The van der Waals surface area contributed by atoms with E-state index in [2.05, 4.69) is 4.98 Å². The second kappa shape index (κ2) is 7.35. The minimum atomic E-state index is -0.944. The SMILES string of the molecule is COC(=O)Cc1cnc(C(C)c2ccc(C(=O)O)cc2)c2ccccc12. The van der Waals surface area contributed by atoms with Gasteiger partial charge >= 0.3 is 11.9 Å². The van der Waals surface area contributed by atoms with Crippen molar-refractivity contribution in [2.45, 2.75) is 19.3 Å². The van der Waals surface area contributed by atoms with E-state index in [1.807, 2.05) is 43.3 Å². The van der Waals surface area contributed by atoms with Gasteiger partial charge in [-0.3, -0.25) is 9.78 Å². The molecule has 0 bridgehead atoms. The molecule has 5 heteroatoms. The lowest BCUT2D eigenvalue weighted by molar-refractivity contribution is -0.139. The molecule has 26 heavy (non-hydrogen) atoms. The Morgan fingerprint density at radius 2 is 1.73 bits per heavy atom. The summed E-state index contributed by atoms with van der Waals surface area (Å²) in [5.74, 6) is -1.27. The molecule has 0 saturated heterocycles. The van der Waals surface area contributed by atoms with Crippen molar-refractivity contribution in [1.82, 2.24) is 4.98 Å². The third kappa shape index (κ3) is 3.42. The molecule has 3 aromatic rings. The molecule has 0 radical (unpaired) electrons. The summed E-state index contributed by atoms with van der Waals surface area (Å²) in [4.78, 5) is 27.3. The summed E-state index contributed by atoms with van der Waals surface area (Å²) in [6, 6.07) is 14.7. The highest BCUT2D eigenvalue weighted by Crippen LogP contribution is 2.30. The van der Waals surface area contributed by atoms with E-state index in [1.54, 1.807) is 18.3 Å². The summed E-state index contributed by atoms with van der Waals surface area (Å²) < 4.78 is 4.77. The molecule has 0 aliphatic heterocycles. The molecule has 132 valence electrons. The van der Waals surface area contributed by atoms with Crippen LogP contribution < -0.4 is 0 Å². The Morgan fingerprint density at radius 1 is 1.08 bits per heavy atom. The number of carboxylic acids is 1. The van der Waals surface area contributed by atoms with E-state index in [9.17, 15) is 9.59 Å². The van der Waals surface area contributed by atoms with E-state index >= 15 is 0 Å². The maximum atomic E-state index is 11.7. The highest BCUT2D eigenvalue weighted by Gasteiger charge is 2.17. The molecule has 3 rings (SSSR count). The lowest BCUT2D eigenvalue weighted by Gasteiger charge is -2.16. The van der Waals surface area contributed by atoms with E-state index in [4.69, 9.17) is 9.84 Å². The fourth-order valence-corrected chi connectivity index (χ4v) is 3.06. The van der Waals surface area contributed by atoms with Gasteiger partial charge in [-0.1, -0.05) is 43.3 Å². The summed E-state index contributed by atoms with van der Waals surface area (Å²) in [5.41, 5.74) is 2.95. The Hall–Kier alpha value is -3.21. The van der Waals surface area contributed by atoms with Crippen molar-refractivity contribution in [2.75, 3.05) is 7.11 Å². The van der Waals surface area contributed by atoms with E-state index in [0.29, 0.717) is 0 Å². The van der Waals surface area contributed by atoms with E-state index in [1.165, 1.54) is 7.11 Å². The number of carbonyl (C=O) groups is 2. The molecule has 0 amide bonds. The van der Waals surface area contributed by atoms with E-state index in [0.717, 1.165) is 27.6 Å². The molecule has 1 unspecified atom stereocenters. The number of pyridine rings is 1. The van der Waals surface area contributed by atoms with Gasteiger partial charge in [-0.2, -0.15) is 0 Å². The van der Waals surface area contributed by atoms with Gasteiger partial charge in [0.15, 0.2) is 0 Å². The first-order valence-corrected chi connectivity index (χ1v) is 8.28. The summed E-state index contributed by atoms with van der Waals surface area (Å²) in [7, 11) is 1.37. The van der Waals surface area contributed by atoms with Crippen molar-refractivity contribution in [2.24, 2.45) is 0 Å². The van der Waals surface area contributed by atoms with Crippen LogP contribution in [0.3, 0.4) is 0 Å². The summed E-state index contributed by atoms with van der Waals surface area (Å²) in [6.07, 6.45) is 1.89. The van der Waals surface area contributed by atoms with Crippen molar-refractivity contribution in [3.05, 3.63) is 77.1 Å². The van der Waals surface area contributed by atoms with Crippen molar-refractivity contribution < 1.29 is 19.4 Å². The van der Waals surface area contributed by atoms with Gasteiger partial charge in [0.25, 0.3) is 0 Å². The molecule has 0 aliphatic rings. The fourth-order valence-electron chi connectivity index (χ4n) is 3.06. The zero-order valence-electron chi connectivity index (χ0n) is 14.6. The van der Waals surface area contributed by atoms with Gasteiger partial charge in [0.1, 0.15) is 0 Å². The number of methoxy groups -OCH3 is 1. The van der Waals surface area contributed by atoms with Crippen LogP contribution in [0.25, 0.3) is 10.8 Å². The van der Waals surface area contributed by atoms with Crippen LogP contribution in [-0.4, -0.2) is 29.1 Å². The number of carboxylic acid groups (broad SMARTS) is 1. The molecular formula is C21H19NO4. The second-order valence-electron chi connectivity index (χ2n) is 6.12. The Balaban J connectivity index is 2.03. The van der Waals surface area contributed by atoms with Crippen LogP contribution in [0.1, 0.15) is 40.0 Å². The Morgan fingerprint density at radius 3 is 2.35 bits per heavy atom. The molecule has 0 aliphatic carbocycles. The number of aromatic nitrogens is 1. The van der Waals surface area contributed by atoms with Gasteiger partial charge in [-0.15, -0.1) is 0 Å². The van der Waals surface area contributed by atoms with Crippen LogP contribution >= 0.6 is 0 Å². The molecule has 0 fully saturated rings. The summed E-state index contributed by atoms with van der Waals surface area (Å²) in [5, 5.41) is 11.0. The standard InChI is InChI=1S/C21H19NO4/c1-13(14-7-9-15(10-8-14)21(24)25)20-18-6-4-3-5-17(18)16(12-22-20)11-19(23)26-2/h3-10,12-13H,11H2,1-2H3,(H,24,25). The highest BCUT2D eigenvalue weighted by atomic mass is 16.5. The minimum Gasteiger partial charge on any atom is -0.478 e. The number of nitrogens with zero attached hydrogens (tertiary/aromatic N) is 1. The molecule has 5 nitrogen and oxygen atoms in total. The number of hydrogen-bond acceptors (Lipinski definition) is 4. The predicted octanol–water partition coefficient (Wildman–Crippen LogP) is 3.80. The van der Waals surface area contributed by atoms with Gasteiger partial charge < -0.3 is 9.84 Å². The number of aromatic carboxylic acids is 1. The van der Waals surface area contributed by atoms with Crippen molar-refractivity contribution in [3.8, 4) is 0 Å². The number of ether oxygens (including phenoxy) is 1. The Labute approximate surface area is 151 Å². The largest absolute Gasteiger partial charge is 0.478 e. The quantitative estimate of drug-likeness (QED) is 0.709. The number of fused-ring (bicyclic) bond motifs is 1. The number of hydrogen-bond donors (Lipinski definition) is 1. The molecule has 1 N–H and O–H groups in total. The van der Waals surface area contributed by atoms with Crippen molar-refractivity contribution in [1.29, 1.82) is 0 Å². The first-order valence-electron chi connectivity index (χ1n) is 8.28. The number of benzene rings is 2. The van der Waals surface area contributed by atoms with Crippen molar-refractivity contribution >= 4 is 22.7 Å². The second-order valence-corrected chi connectivity index (χ2v) is 6.12. The summed E-state index contributed by atoms with van der Waals surface area (Å²) in [6.45, 7) is 2.03. The van der Waals surface area contributed by atoms with E-state index in [-0.39, 0.29) is 23.9 Å². The molecular weight excluding hydrogens is 330 g/mol. The van der Waals surface area contributed by atoms with Gasteiger partial charge in [-0.05, 0) is 28.6 Å². The van der Waals surface area contributed by atoms with Crippen molar-refractivity contribution in [3.63, 3.8) is 0 Å². The zero-order valence-corrected chi connectivity index (χ0v) is 14.6. The molecule has 1 heterocycles. The minimum absolute atomic E-state index is 0.0186. The topological polar surface area (TPSA) is 76.5 Å². The molecule has 1 aromatic heterocycles. The molecule has 0 saturated carbocycles. The van der Waals surface area contributed by atoms with Gasteiger partial charge in [-0.25, -0.2) is 4.79 Å². The van der Waals surface area contributed by atoms with Crippen LogP contribution in [0.5, 0.6) is 0 Å². The Bertz CT molecular complexity index is 963. The highest BCUT2D eigenvalue weighted by molar-refractivity contribution is 5.91. The smallest absolute Gasteiger partial charge is 0.335 e. The van der Waals surface area contributed by atoms with Gasteiger partial charge in [0.05, 0.1) is 24.8 Å². The predicted molar refractivity (Wildman–Crippen MR) is 98.4 cm³/mol. The zero-order chi connectivity index (χ0) is 18.7. The first kappa shape index (κ1) is 17.6. The maximum absolute atomic E-state index is 11.7. The average Bonchev–Trinajstić information content (AvgIpc) is 2.67. The third-order valence-electron chi connectivity index (χ3n) is 4.54. The lowest BCUT2D eigenvalue weighted by Crippen LogP contribution is -2.07. The van der Waals surface area contributed by atoms with Crippen LogP contribution in [0, 0.1) is 0 Å². The summed E-state index contributed by atoms with van der Waals surface area (Å²) >= 11 is 0. The van der Waals surface area contributed by atoms with Gasteiger partial charge in [0.2, 0.25) is 0 Å². The maximum Gasteiger partial charge on any atom is 0.335 e. The van der Waals surface area contributed by atoms with Crippen LogP contribution in [0.15, 0.2) is 54.7 Å². The normalized spacial score (nSPS) is 11.9. The number of carbonyl (C=O) groups excluding carboxylic acids is 1.